The van der Waals surface area contributed by atoms with Crippen LogP contribution in [0.2, 0.25) is 0 Å². The van der Waals surface area contributed by atoms with E-state index in [4.69, 9.17) is 9.47 Å². The molecule has 0 heterocycles. The predicted octanol–water partition coefficient (Wildman–Crippen LogP) is 3.93. The summed E-state index contributed by atoms with van der Waals surface area (Å²) in [5, 5.41) is 0. The van der Waals surface area contributed by atoms with Gasteiger partial charge in [-0.3, -0.25) is 0 Å². The average Bonchev–Trinajstić information content (AvgIpc) is 2.46. The van der Waals surface area contributed by atoms with Crippen molar-refractivity contribution in [3.63, 3.8) is 0 Å². The van der Waals surface area contributed by atoms with Crippen LogP contribution in [0, 0.1) is 0 Å². The first-order valence-corrected chi connectivity index (χ1v) is 6.09. The smallest absolute Gasteiger partial charge is 0.126 e. The second-order valence-corrected chi connectivity index (χ2v) is 4.12. The Morgan fingerprint density at radius 1 is 0.889 bits per heavy atom. The number of aryl methyl sites for hydroxylation is 1. The topological polar surface area (TPSA) is 18.5 Å². The molecule has 0 atom stereocenters. The highest BCUT2D eigenvalue weighted by Crippen LogP contribution is 2.32. The quantitative estimate of drug-likeness (QED) is 0.808. The van der Waals surface area contributed by atoms with E-state index in [2.05, 4.69) is 31.2 Å². The van der Waals surface area contributed by atoms with Crippen molar-refractivity contribution in [3.8, 4) is 22.6 Å². The van der Waals surface area contributed by atoms with Gasteiger partial charge < -0.3 is 9.47 Å². The standard InChI is InChI=1S/C16H18O2/c1-4-12-5-10-16(18-3)15(11-12)13-6-8-14(17-2)9-7-13/h5-11H,4H2,1-3H3. The van der Waals surface area contributed by atoms with Crippen LogP contribution in [-0.4, -0.2) is 14.2 Å². The maximum atomic E-state index is 5.42. The van der Waals surface area contributed by atoms with Crippen LogP contribution in [0.3, 0.4) is 0 Å². The first-order chi connectivity index (χ1) is 8.78. The Bertz CT molecular complexity index is 515. The lowest BCUT2D eigenvalue weighted by atomic mass is 10.0. The molecule has 0 aromatic heterocycles. The highest BCUT2D eigenvalue weighted by atomic mass is 16.5. The molecule has 0 amide bonds. The maximum Gasteiger partial charge on any atom is 0.126 e. The van der Waals surface area contributed by atoms with Gasteiger partial charge in [-0.2, -0.15) is 0 Å². The van der Waals surface area contributed by atoms with Crippen LogP contribution < -0.4 is 9.47 Å². The summed E-state index contributed by atoms with van der Waals surface area (Å²) in [6, 6.07) is 14.3. The Kier molecular flexibility index (Phi) is 3.88. The third-order valence-corrected chi connectivity index (χ3v) is 3.07. The van der Waals surface area contributed by atoms with Crippen molar-refractivity contribution in [3.05, 3.63) is 48.0 Å². The molecule has 0 aliphatic rings. The van der Waals surface area contributed by atoms with Crippen molar-refractivity contribution in [1.29, 1.82) is 0 Å². The molecule has 2 rings (SSSR count). The lowest BCUT2D eigenvalue weighted by Gasteiger charge is -2.11. The first-order valence-electron chi connectivity index (χ1n) is 6.09. The normalized spacial score (nSPS) is 10.2. The van der Waals surface area contributed by atoms with E-state index in [-0.39, 0.29) is 0 Å². The summed E-state index contributed by atoms with van der Waals surface area (Å²) in [4.78, 5) is 0. The Morgan fingerprint density at radius 2 is 1.61 bits per heavy atom. The van der Waals surface area contributed by atoms with Gasteiger partial charge in [0.2, 0.25) is 0 Å². The largest absolute Gasteiger partial charge is 0.497 e. The number of benzene rings is 2. The monoisotopic (exact) mass is 242 g/mol. The molecular weight excluding hydrogens is 224 g/mol. The van der Waals surface area contributed by atoms with Crippen LogP contribution in [0.1, 0.15) is 12.5 Å². The van der Waals surface area contributed by atoms with E-state index in [1.54, 1.807) is 14.2 Å². The van der Waals surface area contributed by atoms with Gasteiger partial charge in [-0.25, -0.2) is 0 Å². The fourth-order valence-electron chi connectivity index (χ4n) is 1.97. The number of methoxy groups -OCH3 is 2. The lowest BCUT2D eigenvalue weighted by molar-refractivity contribution is 0.414. The van der Waals surface area contributed by atoms with Crippen LogP contribution in [0.25, 0.3) is 11.1 Å². The zero-order valence-corrected chi connectivity index (χ0v) is 11.1. The third-order valence-electron chi connectivity index (χ3n) is 3.07. The molecule has 0 radical (unpaired) electrons. The van der Waals surface area contributed by atoms with E-state index < -0.39 is 0 Å². The van der Waals surface area contributed by atoms with Gasteiger partial charge in [-0.15, -0.1) is 0 Å². The molecule has 94 valence electrons. The van der Waals surface area contributed by atoms with E-state index in [9.17, 15) is 0 Å². The third kappa shape index (κ3) is 2.48. The van der Waals surface area contributed by atoms with Crippen molar-refractivity contribution < 1.29 is 9.47 Å². The van der Waals surface area contributed by atoms with E-state index in [0.717, 1.165) is 29.0 Å². The average molecular weight is 242 g/mol. The fourth-order valence-corrected chi connectivity index (χ4v) is 1.97. The van der Waals surface area contributed by atoms with Gasteiger partial charge in [-0.1, -0.05) is 25.1 Å². The summed E-state index contributed by atoms with van der Waals surface area (Å²) < 4.78 is 10.6. The van der Waals surface area contributed by atoms with Crippen molar-refractivity contribution in [2.45, 2.75) is 13.3 Å². The Balaban J connectivity index is 2.46. The molecule has 2 aromatic rings. The SMILES string of the molecule is CCc1ccc(OC)c(-c2ccc(OC)cc2)c1. The summed E-state index contributed by atoms with van der Waals surface area (Å²) in [6.07, 6.45) is 1.02. The summed E-state index contributed by atoms with van der Waals surface area (Å²) in [5.74, 6) is 1.77. The highest BCUT2D eigenvalue weighted by molar-refractivity contribution is 5.71. The predicted molar refractivity (Wildman–Crippen MR) is 74.4 cm³/mol. The molecule has 2 heteroatoms. The molecular formula is C16H18O2. The van der Waals surface area contributed by atoms with E-state index in [0.29, 0.717) is 0 Å². The zero-order chi connectivity index (χ0) is 13.0. The minimum atomic E-state index is 0.865. The van der Waals surface area contributed by atoms with Gasteiger partial charge in [0.15, 0.2) is 0 Å². The van der Waals surface area contributed by atoms with E-state index in [1.807, 2.05) is 18.2 Å². The molecule has 0 bridgehead atoms. The van der Waals surface area contributed by atoms with Crippen molar-refractivity contribution in [2.75, 3.05) is 14.2 Å². The summed E-state index contributed by atoms with van der Waals surface area (Å²) in [5.41, 5.74) is 3.57. The molecule has 0 saturated carbocycles. The van der Waals surface area contributed by atoms with Crippen LogP contribution in [0.15, 0.2) is 42.5 Å². The molecule has 18 heavy (non-hydrogen) atoms. The summed E-state index contributed by atoms with van der Waals surface area (Å²) in [6.45, 7) is 2.15. The first kappa shape index (κ1) is 12.5. The second kappa shape index (κ2) is 5.58. The van der Waals surface area contributed by atoms with Crippen LogP contribution >= 0.6 is 0 Å². The molecule has 0 fully saturated rings. The minimum absolute atomic E-state index is 0.865. The van der Waals surface area contributed by atoms with Gasteiger partial charge in [0, 0.05) is 5.56 Å². The van der Waals surface area contributed by atoms with Gasteiger partial charge in [0.05, 0.1) is 14.2 Å². The summed E-state index contributed by atoms with van der Waals surface area (Å²) >= 11 is 0. The number of hydrogen-bond donors (Lipinski definition) is 0. The fraction of sp³-hybridized carbons (Fsp3) is 0.250. The van der Waals surface area contributed by atoms with Crippen LogP contribution in [0.4, 0.5) is 0 Å². The highest BCUT2D eigenvalue weighted by Gasteiger charge is 2.06. The van der Waals surface area contributed by atoms with Crippen LogP contribution in [-0.2, 0) is 6.42 Å². The molecule has 0 N–H and O–H groups in total. The zero-order valence-electron chi connectivity index (χ0n) is 11.1. The second-order valence-electron chi connectivity index (χ2n) is 4.12. The Hall–Kier alpha value is -1.96. The number of rotatable bonds is 4. The Morgan fingerprint density at radius 3 is 2.17 bits per heavy atom. The minimum Gasteiger partial charge on any atom is -0.497 e. The molecule has 0 aliphatic carbocycles. The van der Waals surface area contributed by atoms with E-state index >= 15 is 0 Å². The molecule has 0 spiro atoms. The molecule has 2 nitrogen and oxygen atoms in total. The number of hydrogen-bond acceptors (Lipinski definition) is 2. The molecule has 0 saturated heterocycles. The Labute approximate surface area is 108 Å². The molecule has 2 aromatic carbocycles. The number of ether oxygens (including phenoxy) is 2. The van der Waals surface area contributed by atoms with Gasteiger partial charge >= 0.3 is 0 Å². The van der Waals surface area contributed by atoms with Gasteiger partial charge in [0.1, 0.15) is 11.5 Å². The van der Waals surface area contributed by atoms with Gasteiger partial charge in [-0.05, 0) is 41.8 Å². The lowest BCUT2D eigenvalue weighted by Crippen LogP contribution is -1.90. The van der Waals surface area contributed by atoms with E-state index in [1.165, 1.54) is 5.56 Å². The maximum absolute atomic E-state index is 5.42. The van der Waals surface area contributed by atoms with Crippen molar-refractivity contribution in [1.82, 2.24) is 0 Å². The van der Waals surface area contributed by atoms with Crippen molar-refractivity contribution >= 4 is 0 Å². The molecule has 0 unspecified atom stereocenters. The van der Waals surface area contributed by atoms with Crippen LogP contribution in [0.5, 0.6) is 11.5 Å². The van der Waals surface area contributed by atoms with Gasteiger partial charge in [0.25, 0.3) is 0 Å². The summed E-state index contributed by atoms with van der Waals surface area (Å²) in [7, 11) is 3.38. The van der Waals surface area contributed by atoms with Crippen molar-refractivity contribution in [2.24, 2.45) is 0 Å². The molecule has 0 aliphatic heterocycles.